The van der Waals surface area contributed by atoms with Gasteiger partial charge < -0.3 is 19.5 Å². The number of benzene rings is 2. The standard InChI is InChI=1S/C19H18ClNO7S/c1-29(24,25)13-4-5-15(20)14(10-13)19(23)28-11-18(22)21-12-3-6-16-17(9-12)27-8-2-7-26-16/h3-6,9-10H,2,7-8,11H2,1H3,(H,21,22). The van der Waals surface area contributed by atoms with Gasteiger partial charge >= 0.3 is 5.97 Å². The summed E-state index contributed by atoms with van der Waals surface area (Å²) in [6.45, 7) is 0.486. The highest BCUT2D eigenvalue weighted by Gasteiger charge is 2.18. The van der Waals surface area contributed by atoms with Crippen LogP contribution in [0.2, 0.25) is 5.02 Å². The Bertz CT molecular complexity index is 1050. The molecular formula is C19H18ClNO7S. The van der Waals surface area contributed by atoms with Crippen molar-refractivity contribution in [1.82, 2.24) is 0 Å². The van der Waals surface area contributed by atoms with Crippen molar-refractivity contribution in [1.29, 1.82) is 0 Å². The van der Waals surface area contributed by atoms with Crippen molar-refractivity contribution < 1.29 is 32.2 Å². The first-order valence-electron chi connectivity index (χ1n) is 8.60. The summed E-state index contributed by atoms with van der Waals surface area (Å²) in [6, 6.07) is 8.62. The van der Waals surface area contributed by atoms with Gasteiger partial charge in [-0.1, -0.05) is 11.6 Å². The van der Waals surface area contributed by atoms with E-state index in [0.29, 0.717) is 30.4 Å². The van der Waals surface area contributed by atoms with Gasteiger partial charge in [-0.2, -0.15) is 0 Å². The van der Waals surface area contributed by atoms with Crippen LogP contribution in [0.4, 0.5) is 5.69 Å². The molecule has 154 valence electrons. The number of nitrogens with one attached hydrogen (secondary N) is 1. The molecule has 10 heteroatoms. The fourth-order valence-electron chi connectivity index (χ4n) is 2.54. The molecule has 1 aliphatic rings. The molecule has 0 fully saturated rings. The lowest BCUT2D eigenvalue weighted by molar-refractivity contribution is -0.119. The molecule has 2 aromatic carbocycles. The smallest absolute Gasteiger partial charge is 0.340 e. The van der Waals surface area contributed by atoms with Crippen molar-refractivity contribution >= 4 is 39.0 Å². The first-order chi connectivity index (χ1) is 13.7. The number of halogens is 1. The van der Waals surface area contributed by atoms with Crippen molar-refractivity contribution in [3.63, 3.8) is 0 Å². The number of amides is 1. The molecule has 0 saturated carbocycles. The predicted molar refractivity (Wildman–Crippen MR) is 106 cm³/mol. The molecule has 0 aliphatic carbocycles. The average molecular weight is 440 g/mol. The number of hydrogen-bond donors (Lipinski definition) is 1. The third-order valence-electron chi connectivity index (χ3n) is 3.95. The Kier molecular flexibility index (Phi) is 6.29. The largest absolute Gasteiger partial charge is 0.490 e. The van der Waals surface area contributed by atoms with E-state index in [1.54, 1.807) is 18.2 Å². The van der Waals surface area contributed by atoms with Gasteiger partial charge in [-0.25, -0.2) is 13.2 Å². The Balaban J connectivity index is 1.62. The number of anilines is 1. The summed E-state index contributed by atoms with van der Waals surface area (Å²) in [5.74, 6) is -0.383. The maximum absolute atomic E-state index is 12.2. The van der Waals surface area contributed by atoms with Crippen LogP contribution in [0, 0.1) is 0 Å². The number of sulfone groups is 1. The molecule has 0 aromatic heterocycles. The molecule has 0 bridgehead atoms. The van der Waals surface area contributed by atoms with Crippen LogP contribution in [0.15, 0.2) is 41.3 Å². The molecule has 1 amide bonds. The van der Waals surface area contributed by atoms with Gasteiger partial charge in [-0.15, -0.1) is 0 Å². The van der Waals surface area contributed by atoms with Gasteiger partial charge in [-0.05, 0) is 30.3 Å². The second-order valence-electron chi connectivity index (χ2n) is 6.25. The van der Waals surface area contributed by atoms with Gasteiger partial charge in [0.1, 0.15) is 0 Å². The van der Waals surface area contributed by atoms with Gasteiger partial charge in [-0.3, -0.25) is 4.79 Å². The highest BCUT2D eigenvalue weighted by atomic mass is 35.5. The van der Waals surface area contributed by atoms with Crippen molar-refractivity contribution in [2.45, 2.75) is 11.3 Å². The van der Waals surface area contributed by atoms with E-state index in [2.05, 4.69) is 5.32 Å². The lowest BCUT2D eigenvalue weighted by Gasteiger charge is -2.11. The first kappa shape index (κ1) is 20.9. The predicted octanol–water partition coefficient (Wildman–Crippen LogP) is 2.70. The maximum Gasteiger partial charge on any atom is 0.340 e. The number of carbonyl (C=O) groups is 2. The summed E-state index contributed by atoms with van der Waals surface area (Å²) < 4.78 is 39.3. The first-order valence-corrected chi connectivity index (χ1v) is 10.9. The third-order valence-corrected chi connectivity index (χ3v) is 5.39. The zero-order valence-corrected chi connectivity index (χ0v) is 17.0. The monoisotopic (exact) mass is 439 g/mol. The van der Waals surface area contributed by atoms with E-state index < -0.39 is 28.3 Å². The molecular weight excluding hydrogens is 422 g/mol. The SMILES string of the molecule is CS(=O)(=O)c1ccc(Cl)c(C(=O)OCC(=O)Nc2ccc3c(c2)OCCCO3)c1. The second kappa shape index (κ2) is 8.71. The molecule has 1 heterocycles. The third kappa shape index (κ3) is 5.39. The van der Waals surface area contributed by atoms with Gasteiger partial charge in [0, 0.05) is 24.4 Å². The molecule has 0 atom stereocenters. The van der Waals surface area contributed by atoms with Gasteiger partial charge in [0.2, 0.25) is 0 Å². The van der Waals surface area contributed by atoms with Crippen LogP contribution in [-0.2, 0) is 19.4 Å². The van der Waals surface area contributed by atoms with Crippen molar-refractivity contribution in [3.8, 4) is 11.5 Å². The van der Waals surface area contributed by atoms with Crippen LogP contribution in [0.5, 0.6) is 11.5 Å². The maximum atomic E-state index is 12.2. The summed E-state index contributed by atoms with van der Waals surface area (Å²) in [7, 11) is -3.53. The lowest BCUT2D eigenvalue weighted by atomic mass is 10.2. The Morgan fingerprint density at radius 3 is 2.55 bits per heavy atom. The number of fused-ring (bicyclic) bond motifs is 1. The van der Waals surface area contributed by atoms with E-state index in [4.69, 9.17) is 25.8 Å². The minimum Gasteiger partial charge on any atom is -0.490 e. The quantitative estimate of drug-likeness (QED) is 0.713. The van der Waals surface area contributed by atoms with Crippen LogP contribution < -0.4 is 14.8 Å². The minimum absolute atomic E-state index is 0.0192. The van der Waals surface area contributed by atoms with Gasteiger partial charge in [0.15, 0.2) is 27.9 Å². The summed E-state index contributed by atoms with van der Waals surface area (Å²) >= 11 is 5.95. The van der Waals surface area contributed by atoms with Crippen LogP contribution in [0.3, 0.4) is 0 Å². The van der Waals surface area contributed by atoms with Crippen molar-refractivity contribution in [3.05, 3.63) is 47.0 Å². The number of rotatable bonds is 5. The minimum atomic E-state index is -3.53. The van der Waals surface area contributed by atoms with E-state index in [0.717, 1.165) is 18.7 Å². The number of esters is 1. The van der Waals surface area contributed by atoms with E-state index in [-0.39, 0.29) is 15.5 Å². The van der Waals surface area contributed by atoms with Gasteiger partial charge in [0.05, 0.1) is 28.7 Å². The Hall–Kier alpha value is -2.78. The summed E-state index contributed by atoms with van der Waals surface area (Å²) in [6.07, 6.45) is 1.77. The lowest BCUT2D eigenvalue weighted by Crippen LogP contribution is -2.21. The molecule has 29 heavy (non-hydrogen) atoms. The fraction of sp³-hybridized carbons (Fsp3) is 0.263. The molecule has 0 spiro atoms. The molecule has 8 nitrogen and oxygen atoms in total. The molecule has 1 aliphatic heterocycles. The molecule has 2 aromatic rings. The molecule has 3 rings (SSSR count). The molecule has 0 saturated heterocycles. The fourth-order valence-corrected chi connectivity index (χ4v) is 3.38. The van der Waals surface area contributed by atoms with Gasteiger partial charge in [0.25, 0.3) is 5.91 Å². The summed E-state index contributed by atoms with van der Waals surface area (Å²) in [5.41, 5.74) is 0.311. The van der Waals surface area contributed by atoms with Crippen molar-refractivity contribution in [2.24, 2.45) is 0 Å². The number of ether oxygens (including phenoxy) is 3. The highest BCUT2D eigenvalue weighted by molar-refractivity contribution is 7.90. The molecule has 1 N–H and O–H groups in total. The Labute approximate surface area is 172 Å². The number of hydrogen-bond acceptors (Lipinski definition) is 7. The average Bonchev–Trinajstić information content (AvgIpc) is 2.90. The topological polar surface area (TPSA) is 108 Å². The van der Waals surface area contributed by atoms with Crippen LogP contribution in [0.25, 0.3) is 0 Å². The Morgan fingerprint density at radius 1 is 1.10 bits per heavy atom. The zero-order chi connectivity index (χ0) is 21.0. The normalized spacial score (nSPS) is 13.3. The number of carbonyl (C=O) groups excluding carboxylic acids is 2. The summed E-state index contributed by atoms with van der Waals surface area (Å²) in [5, 5.41) is 2.61. The van der Waals surface area contributed by atoms with Crippen molar-refractivity contribution in [2.75, 3.05) is 31.4 Å². The van der Waals surface area contributed by atoms with E-state index in [1.165, 1.54) is 12.1 Å². The summed E-state index contributed by atoms with van der Waals surface area (Å²) in [4.78, 5) is 24.2. The zero-order valence-electron chi connectivity index (χ0n) is 15.4. The van der Waals surface area contributed by atoms with Crippen LogP contribution in [-0.4, -0.2) is 46.4 Å². The second-order valence-corrected chi connectivity index (χ2v) is 8.67. The van der Waals surface area contributed by atoms with E-state index in [1.807, 2.05) is 0 Å². The molecule has 0 radical (unpaired) electrons. The molecule has 0 unspecified atom stereocenters. The highest BCUT2D eigenvalue weighted by Crippen LogP contribution is 2.32. The van der Waals surface area contributed by atoms with Crippen LogP contribution in [0.1, 0.15) is 16.8 Å². The van der Waals surface area contributed by atoms with E-state index in [9.17, 15) is 18.0 Å². The van der Waals surface area contributed by atoms with Crippen LogP contribution >= 0.6 is 11.6 Å². The van der Waals surface area contributed by atoms with E-state index >= 15 is 0 Å². The Morgan fingerprint density at radius 2 is 1.83 bits per heavy atom.